The number of unbranched alkanes of at least 4 members (excludes halogenated alkanes) is 1. The van der Waals surface area contributed by atoms with Gasteiger partial charge in [0.1, 0.15) is 5.75 Å². The molecule has 0 bridgehead atoms. The number of aryl methyl sites for hydroxylation is 1. The maximum Gasteiger partial charge on any atom is 0.119 e. The van der Waals surface area contributed by atoms with Crippen molar-refractivity contribution in [2.75, 3.05) is 26.7 Å². The zero-order chi connectivity index (χ0) is 17.6. The number of ether oxygens (including phenoxy) is 1. The highest BCUT2D eigenvalue weighted by atomic mass is 127. The van der Waals surface area contributed by atoms with Crippen LogP contribution in [0.25, 0.3) is 0 Å². The zero-order valence-electron chi connectivity index (χ0n) is 14.7. The number of hydrogen-bond donors (Lipinski definition) is 1. The first-order valence-corrected chi connectivity index (χ1v) is 10.1. The Morgan fingerprint density at radius 2 is 1.96 bits per heavy atom. The number of fused-ring (bicyclic) bond motifs is 1. The van der Waals surface area contributed by atoms with Gasteiger partial charge in [-0.3, -0.25) is 0 Å². The van der Waals surface area contributed by atoms with Crippen molar-refractivity contribution in [1.82, 2.24) is 4.90 Å². The predicted octanol–water partition coefficient (Wildman–Crippen LogP) is 4.21. The molecule has 3 rings (SSSR count). The van der Waals surface area contributed by atoms with Crippen molar-refractivity contribution < 1.29 is 9.84 Å². The van der Waals surface area contributed by atoms with Crippen LogP contribution in [0.15, 0.2) is 42.5 Å². The van der Waals surface area contributed by atoms with Crippen LogP contribution < -0.4 is 4.74 Å². The fraction of sp³-hybridized carbons (Fsp3) is 0.429. The molecule has 0 amide bonds. The number of rotatable bonds is 6. The first-order chi connectivity index (χ1) is 12.2. The summed E-state index contributed by atoms with van der Waals surface area (Å²) < 4.78 is 6.60. The van der Waals surface area contributed by atoms with E-state index in [9.17, 15) is 5.11 Å². The maximum atomic E-state index is 10.6. The van der Waals surface area contributed by atoms with E-state index in [1.165, 1.54) is 27.5 Å². The van der Waals surface area contributed by atoms with Gasteiger partial charge < -0.3 is 14.7 Å². The van der Waals surface area contributed by atoms with Crippen LogP contribution in [0, 0.1) is 3.57 Å². The number of halogens is 1. The summed E-state index contributed by atoms with van der Waals surface area (Å²) in [5.41, 5.74) is 3.69. The minimum atomic E-state index is -0.403. The summed E-state index contributed by atoms with van der Waals surface area (Å²) in [6, 6.07) is 14.8. The van der Waals surface area contributed by atoms with E-state index in [1.54, 1.807) is 7.11 Å². The first kappa shape index (κ1) is 18.7. The second-order valence-corrected chi connectivity index (χ2v) is 7.96. The van der Waals surface area contributed by atoms with Crippen molar-refractivity contribution in [2.24, 2.45) is 0 Å². The Morgan fingerprint density at radius 3 is 2.72 bits per heavy atom. The summed E-state index contributed by atoms with van der Waals surface area (Å²) in [6.07, 6.45) is 4.05. The number of aliphatic hydroxyl groups excluding tert-OH is 1. The topological polar surface area (TPSA) is 32.7 Å². The summed E-state index contributed by atoms with van der Waals surface area (Å²) >= 11 is 2.34. The van der Waals surface area contributed by atoms with Crippen molar-refractivity contribution in [1.29, 1.82) is 0 Å². The number of aliphatic hydroxyl groups is 1. The smallest absolute Gasteiger partial charge is 0.119 e. The minimum Gasteiger partial charge on any atom is -0.497 e. The Balaban J connectivity index is 1.49. The third kappa shape index (κ3) is 5.19. The minimum absolute atomic E-state index is 0.403. The lowest BCUT2D eigenvalue weighted by Gasteiger charge is -2.22. The summed E-state index contributed by atoms with van der Waals surface area (Å²) in [5.74, 6) is 0.872. The Hall–Kier alpha value is -1.11. The monoisotopic (exact) mass is 451 g/mol. The second-order valence-electron chi connectivity index (χ2n) is 6.71. The van der Waals surface area contributed by atoms with Gasteiger partial charge in [-0.25, -0.2) is 0 Å². The Kier molecular flexibility index (Phi) is 6.73. The average molecular weight is 451 g/mol. The molecule has 0 spiro atoms. The largest absolute Gasteiger partial charge is 0.497 e. The van der Waals surface area contributed by atoms with Gasteiger partial charge in [-0.05, 0) is 95.8 Å². The molecule has 2 aromatic carbocycles. The molecule has 2 aromatic rings. The van der Waals surface area contributed by atoms with Crippen LogP contribution in [0.2, 0.25) is 0 Å². The number of β-amino-alcohol motifs (C(OH)–C–C–N with tert-alkyl or cyclic N) is 1. The number of hydrogen-bond acceptors (Lipinski definition) is 3. The van der Waals surface area contributed by atoms with Crippen LogP contribution in [-0.4, -0.2) is 36.8 Å². The van der Waals surface area contributed by atoms with Crippen LogP contribution in [0.4, 0.5) is 0 Å². The van der Waals surface area contributed by atoms with Gasteiger partial charge in [0.05, 0.1) is 13.2 Å². The van der Waals surface area contributed by atoms with Gasteiger partial charge in [0, 0.05) is 16.7 Å². The third-order valence-electron chi connectivity index (χ3n) is 4.94. The molecule has 4 heteroatoms. The van der Waals surface area contributed by atoms with Gasteiger partial charge in [0.2, 0.25) is 0 Å². The summed E-state index contributed by atoms with van der Waals surface area (Å²) in [4.78, 5) is 2.39. The molecule has 0 aromatic heterocycles. The quantitative estimate of drug-likeness (QED) is 0.528. The van der Waals surface area contributed by atoms with Crippen LogP contribution in [0.3, 0.4) is 0 Å². The highest BCUT2D eigenvalue weighted by molar-refractivity contribution is 14.1. The van der Waals surface area contributed by atoms with Gasteiger partial charge in [-0.15, -0.1) is 0 Å². The van der Waals surface area contributed by atoms with Gasteiger partial charge in [-0.1, -0.05) is 18.2 Å². The fourth-order valence-corrected chi connectivity index (χ4v) is 3.84. The first-order valence-electron chi connectivity index (χ1n) is 8.97. The molecule has 1 aliphatic rings. The molecular formula is C21H26INO2. The summed E-state index contributed by atoms with van der Waals surface area (Å²) in [6.45, 7) is 2.77. The van der Waals surface area contributed by atoms with E-state index in [2.05, 4.69) is 57.8 Å². The molecule has 1 heterocycles. The van der Waals surface area contributed by atoms with Crippen molar-refractivity contribution in [3.05, 3.63) is 62.7 Å². The van der Waals surface area contributed by atoms with E-state index in [4.69, 9.17) is 4.74 Å². The highest BCUT2D eigenvalue weighted by Gasteiger charge is 2.21. The lowest BCUT2D eigenvalue weighted by Crippen LogP contribution is -2.29. The van der Waals surface area contributed by atoms with Gasteiger partial charge in [-0.2, -0.15) is 0 Å². The molecular weight excluding hydrogens is 425 g/mol. The Bertz CT molecular complexity index is 687. The van der Waals surface area contributed by atoms with Crippen LogP contribution in [0.1, 0.15) is 35.6 Å². The average Bonchev–Trinajstić information content (AvgIpc) is 2.79. The van der Waals surface area contributed by atoms with E-state index in [1.807, 2.05) is 12.1 Å². The van der Waals surface area contributed by atoms with Crippen molar-refractivity contribution in [2.45, 2.75) is 31.8 Å². The molecule has 1 N–H and O–H groups in total. The van der Waals surface area contributed by atoms with Crippen LogP contribution in [-0.2, 0) is 12.8 Å². The molecule has 1 atom stereocenters. The standard InChI is InChI=1S/C21H26INO2/c1-25-19-9-10-20-17(14-19)11-13-23(15-21(20)24)12-3-2-4-16-5-7-18(22)8-6-16/h5-10,14,21,24H,2-4,11-13,15H2,1H3. The lowest BCUT2D eigenvalue weighted by molar-refractivity contribution is 0.119. The predicted molar refractivity (Wildman–Crippen MR) is 110 cm³/mol. The molecule has 0 saturated heterocycles. The number of benzene rings is 2. The van der Waals surface area contributed by atoms with E-state index >= 15 is 0 Å². The zero-order valence-corrected chi connectivity index (χ0v) is 16.9. The second kappa shape index (κ2) is 9.01. The lowest BCUT2D eigenvalue weighted by atomic mass is 10.0. The molecule has 134 valence electrons. The van der Waals surface area contributed by atoms with E-state index in [0.29, 0.717) is 0 Å². The van der Waals surface area contributed by atoms with Crippen molar-refractivity contribution >= 4 is 22.6 Å². The van der Waals surface area contributed by atoms with Gasteiger partial charge in [0.25, 0.3) is 0 Å². The molecule has 0 saturated carbocycles. The van der Waals surface area contributed by atoms with E-state index in [-0.39, 0.29) is 0 Å². The highest BCUT2D eigenvalue weighted by Crippen LogP contribution is 2.27. The summed E-state index contributed by atoms with van der Waals surface area (Å²) in [5, 5.41) is 10.6. The van der Waals surface area contributed by atoms with Crippen molar-refractivity contribution in [3.8, 4) is 5.75 Å². The fourth-order valence-electron chi connectivity index (χ4n) is 3.48. The molecule has 1 aliphatic heterocycles. The molecule has 0 aliphatic carbocycles. The van der Waals surface area contributed by atoms with E-state index in [0.717, 1.165) is 43.8 Å². The Labute approximate surface area is 164 Å². The number of methoxy groups -OCH3 is 1. The molecule has 0 radical (unpaired) electrons. The van der Waals surface area contributed by atoms with Gasteiger partial charge in [0.15, 0.2) is 0 Å². The van der Waals surface area contributed by atoms with Crippen LogP contribution in [0.5, 0.6) is 5.75 Å². The van der Waals surface area contributed by atoms with Crippen LogP contribution >= 0.6 is 22.6 Å². The SMILES string of the molecule is COc1ccc2c(c1)CCN(CCCCc1ccc(I)cc1)CC2O. The molecule has 25 heavy (non-hydrogen) atoms. The van der Waals surface area contributed by atoms with Crippen molar-refractivity contribution in [3.63, 3.8) is 0 Å². The normalized spacial score (nSPS) is 17.8. The number of nitrogens with zero attached hydrogens (tertiary/aromatic N) is 1. The molecule has 0 fully saturated rings. The molecule has 1 unspecified atom stereocenters. The Morgan fingerprint density at radius 1 is 1.16 bits per heavy atom. The van der Waals surface area contributed by atoms with Gasteiger partial charge >= 0.3 is 0 Å². The maximum absolute atomic E-state index is 10.6. The third-order valence-corrected chi connectivity index (χ3v) is 5.66. The summed E-state index contributed by atoms with van der Waals surface area (Å²) in [7, 11) is 1.69. The van der Waals surface area contributed by atoms with E-state index < -0.39 is 6.10 Å². The molecule has 3 nitrogen and oxygen atoms in total.